The molecule has 7 heteroatoms. The summed E-state index contributed by atoms with van der Waals surface area (Å²) in [5.41, 5.74) is 5.87. The molecule has 6 nitrogen and oxygen atoms in total. The number of aryl methyl sites for hydroxylation is 2. The van der Waals surface area contributed by atoms with E-state index >= 15 is 0 Å². The minimum atomic E-state index is -1.01. The Bertz CT molecular complexity index is 1300. The molecule has 3 unspecified atom stereocenters. The molecule has 3 aromatic rings. The maximum Gasteiger partial charge on any atom is 0.326 e. The lowest BCUT2D eigenvalue weighted by atomic mass is 9.93. The summed E-state index contributed by atoms with van der Waals surface area (Å²) in [5, 5.41) is 12.5. The third kappa shape index (κ3) is 8.44. The predicted octanol–water partition coefficient (Wildman–Crippen LogP) is 6.07. The number of rotatable bonds is 14. The second-order valence-electron chi connectivity index (χ2n) is 11.0. The molecule has 1 heterocycles. The molecule has 0 saturated carbocycles. The van der Waals surface area contributed by atoms with E-state index < -0.39 is 12.0 Å². The standard InChI is InChI=1S/C34H42N2O4S/c1-24-9-7-8-12-29(24)31-20-27(15-16-30(31)33(37)35-32(34(38)39)17-18-41-3)22-36-21-26(19-28(36)23-40-2)14-13-25-10-5-4-6-11-25/h4-12,15-16,20,26,28,32H,13-14,17-19,21-23H2,1-3H3,(H,35,37)(H,38,39). The summed E-state index contributed by atoms with van der Waals surface area (Å²) in [7, 11) is 1.77. The molecule has 41 heavy (non-hydrogen) atoms. The smallest absolute Gasteiger partial charge is 0.326 e. The van der Waals surface area contributed by atoms with Crippen molar-refractivity contribution in [3.05, 3.63) is 95.1 Å². The molecule has 0 bridgehead atoms. The maximum atomic E-state index is 13.4. The highest BCUT2D eigenvalue weighted by Crippen LogP contribution is 2.32. The highest BCUT2D eigenvalue weighted by atomic mass is 32.2. The van der Waals surface area contributed by atoms with E-state index in [1.807, 2.05) is 49.6 Å². The quantitative estimate of drug-likeness (QED) is 0.243. The second-order valence-corrected chi connectivity index (χ2v) is 12.0. The van der Waals surface area contributed by atoms with Gasteiger partial charge in [-0.3, -0.25) is 9.69 Å². The Kier molecular flexibility index (Phi) is 11.4. The molecular formula is C34H42N2O4S. The molecule has 2 N–H and O–H groups in total. The first-order valence-electron chi connectivity index (χ1n) is 14.4. The number of aliphatic carboxylic acids is 1. The van der Waals surface area contributed by atoms with Crippen molar-refractivity contribution in [2.45, 2.75) is 51.2 Å². The monoisotopic (exact) mass is 574 g/mol. The van der Waals surface area contributed by atoms with E-state index in [-0.39, 0.29) is 5.91 Å². The molecule has 3 aromatic carbocycles. The van der Waals surface area contributed by atoms with Gasteiger partial charge >= 0.3 is 5.97 Å². The SMILES string of the molecule is COCC1CC(CCc2ccccc2)CN1Cc1ccc(C(=O)NC(CCSC)C(=O)O)c(-c2ccccc2C)c1. The summed E-state index contributed by atoms with van der Waals surface area (Å²) in [6, 6.07) is 24.1. The fourth-order valence-corrected chi connectivity index (χ4v) is 6.29. The fourth-order valence-electron chi connectivity index (χ4n) is 5.82. The largest absolute Gasteiger partial charge is 0.480 e. The number of hydrogen-bond donors (Lipinski definition) is 2. The zero-order valence-corrected chi connectivity index (χ0v) is 25.2. The first kappa shape index (κ1) is 30.8. The van der Waals surface area contributed by atoms with Crippen LogP contribution in [0, 0.1) is 12.8 Å². The third-order valence-electron chi connectivity index (χ3n) is 8.02. The zero-order valence-electron chi connectivity index (χ0n) is 24.3. The van der Waals surface area contributed by atoms with Gasteiger partial charge in [-0.05, 0) is 90.5 Å². The molecular weight excluding hydrogens is 532 g/mol. The van der Waals surface area contributed by atoms with Gasteiger partial charge in [-0.1, -0.05) is 60.7 Å². The van der Waals surface area contributed by atoms with Crippen molar-refractivity contribution >= 4 is 23.6 Å². The van der Waals surface area contributed by atoms with Gasteiger partial charge in [0.25, 0.3) is 5.91 Å². The summed E-state index contributed by atoms with van der Waals surface area (Å²) in [5.74, 6) is -0.110. The number of hydrogen-bond acceptors (Lipinski definition) is 5. The van der Waals surface area contributed by atoms with Crippen LogP contribution in [0.25, 0.3) is 11.1 Å². The van der Waals surface area contributed by atoms with Gasteiger partial charge in [-0.15, -0.1) is 0 Å². The molecule has 4 rings (SSSR count). The number of thioether (sulfide) groups is 1. The van der Waals surface area contributed by atoms with Gasteiger partial charge in [-0.2, -0.15) is 11.8 Å². The molecule has 0 aliphatic carbocycles. The van der Waals surface area contributed by atoms with Gasteiger partial charge in [0.2, 0.25) is 0 Å². The number of amides is 1. The van der Waals surface area contributed by atoms with Crippen LogP contribution >= 0.6 is 11.8 Å². The molecule has 3 atom stereocenters. The Morgan fingerprint density at radius 2 is 1.80 bits per heavy atom. The summed E-state index contributed by atoms with van der Waals surface area (Å²) in [4.78, 5) is 27.8. The number of carbonyl (C=O) groups excluding carboxylic acids is 1. The average molecular weight is 575 g/mol. The molecule has 1 aliphatic heterocycles. The number of nitrogens with zero attached hydrogens (tertiary/aromatic N) is 1. The summed E-state index contributed by atoms with van der Waals surface area (Å²) >= 11 is 1.57. The van der Waals surface area contributed by atoms with Crippen molar-refractivity contribution in [1.82, 2.24) is 10.2 Å². The van der Waals surface area contributed by atoms with Crippen LogP contribution in [-0.2, 0) is 22.5 Å². The molecule has 1 saturated heterocycles. The molecule has 0 radical (unpaired) electrons. The van der Waals surface area contributed by atoms with Crippen LogP contribution in [-0.4, -0.2) is 66.2 Å². The van der Waals surface area contributed by atoms with E-state index in [9.17, 15) is 14.7 Å². The van der Waals surface area contributed by atoms with E-state index in [1.54, 1.807) is 18.9 Å². The Labute approximate surface area is 248 Å². The van der Waals surface area contributed by atoms with Crippen LogP contribution < -0.4 is 5.32 Å². The van der Waals surface area contributed by atoms with Gasteiger partial charge in [-0.25, -0.2) is 4.79 Å². The highest BCUT2D eigenvalue weighted by molar-refractivity contribution is 7.98. The van der Waals surface area contributed by atoms with Gasteiger partial charge < -0.3 is 15.2 Å². The Balaban J connectivity index is 1.56. The van der Waals surface area contributed by atoms with Crippen LogP contribution in [0.1, 0.15) is 46.3 Å². The molecule has 0 aromatic heterocycles. The van der Waals surface area contributed by atoms with Crippen molar-refractivity contribution in [3.8, 4) is 11.1 Å². The highest BCUT2D eigenvalue weighted by Gasteiger charge is 2.32. The number of ether oxygens (including phenoxy) is 1. The first-order chi connectivity index (χ1) is 19.9. The zero-order chi connectivity index (χ0) is 29.2. The van der Waals surface area contributed by atoms with Gasteiger partial charge in [0.15, 0.2) is 0 Å². The van der Waals surface area contributed by atoms with Gasteiger partial charge in [0.05, 0.1) is 6.61 Å². The molecule has 1 amide bonds. The Hall–Kier alpha value is -3.13. The van der Waals surface area contributed by atoms with Crippen LogP contribution in [0.4, 0.5) is 0 Å². The van der Waals surface area contributed by atoms with Crippen LogP contribution in [0.15, 0.2) is 72.8 Å². The normalized spacial score (nSPS) is 17.8. The van der Waals surface area contributed by atoms with Crippen molar-refractivity contribution < 1.29 is 19.4 Å². The second kappa shape index (κ2) is 15.2. The minimum absolute atomic E-state index is 0.346. The number of carbonyl (C=O) groups is 2. The van der Waals surface area contributed by atoms with E-state index in [0.717, 1.165) is 54.6 Å². The van der Waals surface area contributed by atoms with Gasteiger partial charge in [0, 0.05) is 31.8 Å². The average Bonchev–Trinajstić information content (AvgIpc) is 3.35. The Morgan fingerprint density at radius 1 is 1.05 bits per heavy atom. The van der Waals surface area contributed by atoms with E-state index in [2.05, 4.69) is 46.6 Å². The fraction of sp³-hybridized carbons (Fsp3) is 0.412. The number of likely N-dealkylation sites (tertiary alicyclic amines) is 1. The van der Waals surface area contributed by atoms with Crippen molar-refractivity contribution in [3.63, 3.8) is 0 Å². The van der Waals surface area contributed by atoms with E-state index in [1.165, 1.54) is 5.56 Å². The summed E-state index contributed by atoms with van der Waals surface area (Å²) in [6.45, 7) is 4.51. The number of benzene rings is 3. The van der Waals surface area contributed by atoms with Crippen LogP contribution in [0.3, 0.4) is 0 Å². The lowest BCUT2D eigenvalue weighted by Gasteiger charge is -2.24. The lowest BCUT2D eigenvalue weighted by molar-refractivity contribution is -0.139. The number of nitrogens with one attached hydrogen (secondary N) is 1. The molecule has 0 spiro atoms. The van der Waals surface area contributed by atoms with Crippen LogP contribution in [0.5, 0.6) is 0 Å². The van der Waals surface area contributed by atoms with E-state index in [0.29, 0.717) is 36.3 Å². The number of carboxylic acid groups (broad SMARTS) is 1. The summed E-state index contributed by atoms with van der Waals surface area (Å²) < 4.78 is 5.60. The molecule has 218 valence electrons. The maximum absolute atomic E-state index is 13.4. The summed E-state index contributed by atoms with van der Waals surface area (Å²) in [6.07, 6.45) is 5.64. The van der Waals surface area contributed by atoms with Crippen molar-refractivity contribution in [1.29, 1.82) is 0 Å². The first-order valence-corrected chi connectivity index (χ1v) is 15.8. The van der Waals surface area contributed by atoms with Crippen LogP contribution in [0.2, 0.25) is 0 Å². The van der Waals surface area contributed by atoms with E-state index in [4.69, 9.17) is 4.74 Å². The molecule has 1 fully saturated rings. The topological polar surface area (TPSA) is 78.9 Å². The third-order valence-corrected chi connectivity index (χ3v) is 8.67. The predicted molar refractivity (Wildman–Crippen MR) is 167 cm³/mol. The molecule has 1 aliphatic rings. The number of methoxy groups -OCH3 is 1. The Morgan fingerprint density at radius 3 is 2.51 bits per heavy atom. The van der Waals surface area contributed by atoms with Crippen molar-refractivity contribution in [2.75, 3.05) is 32.3 Å². The van der Waals surface area contributed by atoms with Crippen molar-refractivity contribution in [2.24, 2.45) is 5.92 Å². The lowest BCUT2D eigenvalue weighted by Crippen LogP contribution is -2.41. The van der Waals surface area contributed by atoms with Gasteiger partial charge in [0.1, 0.15) is 6.04 Å². The number of carboxylic acids is 1. The minimum Gasteiger partial charge on any atom is -0.480 e.